The van der Waals surface area contributed by atoms with E-state index in [4.69, 9.17) is 0 Å². The van der Waals surface area contributed by atoms with Crippen LogP contribution in [0.5, 0.6) is 0 Å². The molecule has 0 fully saturated rings. The highest BCUT2D eigenvalue weighted by Gasteiger charge is 2.29. The van der Waals surface area contributed by atoms with Gasteiger partial charge in [-0.05, 0) is 30.5 Å². The molecule has 2 aromatic heterocycles. The summed E-state index contributed by atoms with van der Waals surface area (Å²) in [5, 5.41) is 3.66. The van der Waals surface area contributed by atoms with E-state index in [2.05, 4.69) is 15.4 Å². The summed E-state index contributed by atoms with van der Waals surface area (Å²) < 4.78 is 0. The van der Waals surface area contributed by atoms with Gasteiger partial charge in [0, 0.05) is 17.0 Å². The summed E-state index contributed by atoms with van der Waals surface area (Å²) in [4.78, 5) is 34.1. The van der Waals surface area contributed by atoms with Gasteiger partial charge >= 0.3 is 0 Å². The number of nitrogens with one attached hydrogen (secondary N) is 1. The van der Waals surface area contributed by atoms with E-state index in [0.29, 0.717) is 17.2 Å². The number of rotatable bonds is 3. The predicted molar refractivity (Wildman–Crippen MR) is 103 cm³/mol. The van der Waals surface area contributed by atoms with E-state index in [9.17, 15) is 9.59 Å². The van der Waals surface area contributed by atoms with Crippen LogP contribution in [0.3, 0.4) is 0 Å². The zero-order chi connectivity index (χ0) is 18.7. The minimum absolute atomic E-state index is 0.375. The molecular formula is C19H18N4O2S. The van der Waals surface area contributed by atoms with Crippen LogP contribution in [0.1, 0.15) is 20.8 Å². The molecule has 4 rings (SSSR count). The van der Waals surface area contributed by atoms with Gasteiger partial charge in [-0.3, -0.25) is 15.0 Å². The Morgan fingerprint density at radius 2 is 1.81 bits per heavy atom. The number of imide groups is 1. The Morgan fingerprint density at radius 3 is 2.46 bits per heavy atom. The number of benzene rings is 1. The summed E-state index contributed by atoms with van der Waals surface area (Å²) in [6.07, 6.45) is 1.30. The first-order valence-corrected chi connectivity index (χ1v) is 9.15. The number of aromatic nitrogens is 2. The van der Waals surface area contributed by atoms with Crippen LogP contribution in [0.4, 0.5) is 5.82 Å². The van der Waals surface area contributed by atoms with Gasteiger partial charge in [-0.1, -0.05) is 32.0 Å². The van der Waals surface area contributed by atoms with E-state index in [1.165, 1.54) is 17.4 Å². The summed E-state index contributed by atoms with van der Waals surface area (Å²) in [6, 6.07) is 11.3. The number of anilines is 1. The fourth-order valence-corrected chi connectivity index (χ4v) is 3.14. The van der Waals surface area contributed by atoms with Crippen molar-refractivity contribution in [2.24, 2.45) is 0 Å². The molecule has 2 amide bonds. The number of para-hydroxylation sites is 1. The van der Waals surface area contributed by atoms with Gasteiger partial charge in [0.05, 0.1) is 10.4 Å². The molecule has 1 N–H and O–H groups in total. The number of fused-ring (bicyclic) bond motifs is 1. The molecular weight excluding hydrogens is 348 g/mol. The standard InChI is InChI=1S/C17H12N4O2S.C2H6/c1-10-9-14(22)21(17(10)23)20-15-11-5-2-3-6-12(11)18-16(19-15)13-7-4-8-24-13;1-2/h2-9H,1H3,(H,18,19,20);1-2H3. The second-order valence-corrected chi connectivity index (χ2v) is 6.26. The Labute approximate surface area is 155 Å². The lowest BCUT2D eigenvalue weighted by atomic mass is 10.2. The van der Waals surface area contributed by atoms with Crippen LogP contribution in [-0.2, 0) is 9.59 Å². The van der Waals surface area contributed by atoms with Gasteiger partial charge in [-0.15, -0.1) is 11.3 Å². The van der Waals surface area contributed by atoms with E-state index in [1.807, 2.05) is 55.6 Å². The highest BCUT2D eigenvalue weighted by molar-refractivity contribution is 7.13. The van der Waals surface area contributed by atoms with Gasteiger partial charge in [-0.2, -0.15) is 5.01 Å². The Kier molecular flexibility index (Phi) is 5.09. The van der Waals surface area contributed by atoms with Gasteiger partial charge in [0.15, 0.2) is 11.6 Å². The topological polar surface area (TPSA) is 75.2 Å². The van der Waals surface area contributed by atoms with Crippen molar-refractivity contribution in [2.45, 2.75) is 20.8 Å². The van der Waals surface area contributed by atoms with E-state index in [0.717, 1.165) is 20.8 Å². The highest BCUT2D eigenvalue weighted by Crippen LogP contribution is 2.28. The molecule has 132 valence electrons. The van der Waals surface area contributed by atoms with E-state index in [1.54, 1.807) is 6.92 Å². The van der Waals surface area contributed by atoms with Crippen molar-refractivity contribution < 1.29 is 9.59 Å². The zero-order valence-electron chi connectivity index (χ0n) is 14.7. The van der Waals surface area contributed by atoms with Crippen molar-refractivity contribution in [1.82, 2.24) is 15.0 Å². The predicted octanol–water partition coefficient (Wildman–Crippen LogP) is 4.03. The van der Waals surface area contributed by atoms with Crippen LogP contribution in [0.2, 0.25) is 0 Å². The molecule has 0 saturated carbocycles. The molecule has 0 unspecified atom stereocenters. The SMILES string of the molecule is CC.CC1=CC(=O)N(Nc2nc(-c3cccs3)nc3ccccc23)C1=O. The summed E-state index contributed by atoms with van der Waals surface area (Å²) in [6.45, 7) is 5.61. The maximum Gasteiger partial charge on any atom is 0.275 e. The molecule has 1 aliphatic rings. The molecule has 26 heavy (non-hydrogen) atoms. The molecule has 0 spiro atoms. The molecule has 3 heterocycles. The molecule has 0 radical (unpaired) electrons. The monoisotopic (exact) mass is 366 g/mol. The number of hydrogen-bond donors (Lipinski definition) is 1. The molecule has 6 nitrogen and oxygen atoms in total. The Balaban J connectivity index is 0.000000948. The van der Waals surface area contributed by atoms with E-state index in [-0.39, 0.29) is 5.91 Å². The summed E-state index contributed by atoms with van der Waals surface area (Å²) in [5.41, 5.74) is 3.98. The number of nitrogens with zero attached hydrogens (tertiary/aromatic N) is 3. The third-order valence-electron chi connectivity index (χ3n) is 3.66. The van der Waals surface area contributed by atoms with Gasteiger partial charge in [0.1, 0.15) is 0 Å². The lowest BCUT2D eigenvalue weighted by Crippen LogP contribution is -2.36. The van der Waals surface area contributed by atoms with Gasteiger partial charge < -0.3 is 0 Å². The van der Waals surface area contributed by atoms with Crippen molar-refractivity contribution >= 4 is 39.9 Å². The summed E-state index contributed by atoms with van der Waals surface area (Å²) in [5.74, 6) is 0.196. The van der Waals surface area contributed by atoms with Crippen molar-refractivity contribution in [2.75, 3.05) is 5.43 Å². The second-order valence-electron chi connectivity index (χ2n) is 5.31. The van der Waals surface area contributed by atoms with Crippen molar-refractivity contribution in [3.05, 3.63) is 53.4 Å². The van der Waals surface area contributed by atoms with Crippen LogP contribution in [-0.4, -0.2) is 26.8 Å². The number of hydrogen-bond acceptors (Lipinski definition) is 6. The van der Waals surface area contributed by atoms with Crippen LogP contribution in [0.25, 0.3) is 21.6 Å². The minimum atomic E-state index is -0.405. The first-order valence-electron chi connectivity index (χ1n) is 8.27. The highest BCUT2D eigenvalue weighted by atomic mass is 32.1. The molecule has 0 atom stereocenters. The van der Waals surface area contributed by atoms with Gasteiger partial charge in [0.2, 0.25) is 0 Å². The lowest BCUT2D eigenvalue weighted by Gasteiger charge is -2.18. The summed E-state index contributed by atoms with van der Waals surface area (Å²) >= 11 is 1.53. The fraction of sp³-hybridized carbons (Fsp3) is 0.158. The third-order valence-corrected chi connectivity index (χ3v) is 4.53. The normalized spacial score (nSPS) is 13.5. The fourth-order valence-electron chi connectivity index (χ4n) is 2.48. The quantitative estimate of drug-likeness (QED) is 0.709. The smallest absolute Gasteiger partial charge is 0.271 e. The lowest BCUT2D eigenvalue weighted by molar-refractivity contribution is -0.135. The van der Waals surface area contributed by atoms with E-state index >= 15 is 0 Å². The molecule has 3 aromatic rings. The van der Waals surface area contributed by atoms with Crippen LogP contribution in [0.15, 0.2) is 53.4 Å². The molecule has 0 saturated heterocycles. The van der Waals surface area contributed by atoms with Gasteiger partial charge in [-0.25, -0.2) is 9.97 Å². The number of amides is 2. The maximum atomic E-state index is 12.1. The minimum Gasteiger partial charge on any atom is -0.271 e. The van der Waals surface area contributed by atoms with Crippen LogP contribution >= 0.6 is 11.3 Å². The Bertz CT molecular complexity index is 996. The average Bonchev–Trinajstić information content (AvgIpc) is 3.28. The second kappa shape index (κ2) is 7.45. The zero-order valence-corrected chi connectivity index (χ0v) is 15.5. The molecule has 0 bridgehead atoms. The number of carbonyl (C=O) groups is 2. The third kappa shape index (κ3) is 3.21. The Morgan fingerprint density at radius 1 is 1.04 bits per heavy atom. The first-order chi connectivity index (χ1) is 12.6. The first kappa shape index (κ1) is 17.8. The largest absolute Gasteiger partial charge is 0.275 e. The molecule has 0 aliphatic carbocycles. The maximum absolute atomic E-state index is 12.1. The van der Waals surface area contributed by atoms with Crippen LogP contribution < -0.4 is 5.43 Å². The molecule has 1 aromatic carbocycles. The summed E-state index contributed by atoms with van der Waals surface area (Å²) in [7, 11) is 0. The number of thiophene rings is 1. The molecule has 1 aliphatic heterocycles. The number of hydrazine groups is 1. The van der Waals surface area contributed by atoms with Crippen molar-refractivity contribution in [3.8, 4) is 10.7 Å². The number of carbonyl (C=O) groups excluding carboxylic acids is 2. The Hall–Kier alpha value is -3.06. The van der Waals surface area contributed by atoms with Gasteiger partial charge in [0.25, 0.3) is 11.8 Å². The average molecular weight is 366 g/mol. The van der Waals surface area contributed by atoms with Crippen molar-refractivity contribution in [1.29, 1.82) is 0 Å². The van der Waals surface area contributed by atoms with Crippen LogP contribution in [0, 0.1) is 0 Å². The van der Waals surface area contributed by atoms with E-state index < -0.39 is 5.91 Å². The van der Waals surface area contributed by atoms with Crippen molar-refractivity contribution in [3.63, 3.8) is 0 Å². The molecule has 7 heteroatoms.